The SMILES string of the molecule is COCCCCOC(=O)C=CC(=O)OCCCCOC. The Bertz CT molecular complexity index is 259. The van der Waals surface area contributed by atoms with Crippen molar-refractivity contribution in [2.24, 2.45) is 0 Å². The second-order valence-corrected chi connectivity index (χ2v) is 4.07. The third-order valence-corrected chi connectivity index (χ3v) is 2.33. The summed E-state index contributed by atoms with van der Waals surface area (Å²) in [5, 5.41) is 0. The summed E-state index contributed by atoms with van der Waals surface area (Å²) in [5.74, 6) is -1.09. The number of ether oxygens (including phenoxy) is 4. The first-order valence-corrected chi connectivity index (χ1v) is 6.70. The van der Waals surface area contributed by atoms with Crippen molar-refractivity contribution < 1.29 is 28.5 Å². The normalized spacial score (nSPS) is 10.7. The van der Waals surface area contributed by atoms with Crippen LogP contribution in [0.4, 0.5) is 0 Å². The van der Waals surface area contributed by atoms with E-state index in [-0.39, 0.29) is 0 Å². The molecular formula is C14H24O6. The van der Waals surface area contributed by atoms with Gasteiger partial charge in [-0.3, -0.25) is 0 Å². The van der Waals surface area contributed by atoms with Crippen molar-refractivity contribution >= 4 is 11.9 Å². The van der Waals surface area contributed by atoms with Crippen LogP contribution >= 0.6 is 0 Å². The Hall–Kier alpha value is -1.40. The Morgan fingerprint density at radius 3 is 1.40 bits per heavy atom. The fraction of sp³-hybridized carbons (Fsp3) is 0.714. The highest BCUT2D eigenvalue weighted by Crippen LogP contribution is 1.94. The molecule has 0 aliphatic heterocycles. The molecule has 0 amide bonds. The van der Waals surface area contributed by atoms with Gasteiger partial charge in [-0.25, -0.2) is 9.59 Å². The number of carbonyl (C=O) groups excluding carboxylic acids is 2. The lowest BCUT2D eigenvalue weighted by Crippen LogP contribution is -2.07. The van der Waals surface area contributed by atoms with Gasteiger partial charge in [0, 0.05) is 39.6 Å². The molecule has 0 radical (unpaired) electrons. The number of hydrogen-bond acceptors (Lipinski definition) is 6. The van der Waals surface area contributed by atoms with Crippen LogP contribution in [0.15, 0.2) is 12.2 Å². The van der Waals surface area contributed by atoms with Crippen LogP contribution in [0.2, 0.25) is 0 Å². The van der Waals surface area contributed by atoms with Gasteiger partial charge in [0.05, 0.1) is 13.2 Å². The Morgan fingerprint density at radius 1 is 0.700 bits per heavy atom. The molecule has 0 heterocycles. The highest BCUT2D eigenvalue weighted by molar-refractivity contribution is 5.91. The molecule has 0 aromatic carbocycles. The zero-order valence-electron chi connectivity index (χ0n) is 12.3. The van der Waals surface area contributed by atoms with Gasteiger partial charge < -0.3 is 18.9 Å². The molecule has 0 spiro atoms. The molecule has 0 aliphatic carbocycles. The largest absolute Gasteiger partial charge is 0.463 e. The van der Waals surface area contributed by atoms with Crippen molar-refractivity contribution in [2.75, 3.05) is 40.6 Å². The number of rotatable bonds is 12. The minimum Gasteiger partial charge on any atom is -0.463 e. The van der Waals surface area contributed by atoms with E-state index < -0.39 is 11.9 Å². The number of hydrogen-bond donors (Lipinski definition) is 0. The molecule has 0 fully saturated rings. The minimum atomic E-state index is -0.543. The third kappa shape index (κ3) is 13.0. The molecule has 20 heavy (non-hydrogen) atoms. The summed E-state index contributed by atoms with van der Waals surface area (Å²) in [4.78, 5) is 22.5. The summed E-state index contributed by atoms with van der Waals surface area (Å²) in [5.41, 5.74) is 0. The van der Waals surface area contributed by atoms with Crippen molar-refractivity contribution in [1.29, 1.82) is 0 Å². The van der Waals surface area contributed by atoms with Crippen molar-refractivity contribution in [3.8, 4) is 0 Å². The van der Waals surface area contributed by atoms with Crippen molar-refractivity contribution in [1.82, 2.24) is 0 Å². The summed E-state index contributed by atoms with van der Waals surface area (Å²) >= 11 is 0. The highest BCUT2D eigenvalue weighted by atomic mass is 16.5. The van der Waals surface area contributed by atoms with Crippen LogP contribution in [-0.2, 0) is 28.5 Å². The van der Waals surface area contributed by atoms with Crippen LogP contribution in [0.5, 0.6) is 0 Å². The number of methoxy groups -OCH3 is 2. The average Bonchev–Trinajstić information content (AvgIpc) is 2.44. The van der Waals surface area contributed by atoms with Gasteiger partial charge in [-0.05, 0) is 25.7 Å². The van der Waals surface area contributed by atoms with E-state index in [4.69, 9.17) is 18.9 Å². The van der Waals surface area contributed by atoms with Gasteiger partial charge in [0.2, 0.25) is 0 Å². The molecule has 6 nitrogen and oxygen atoms in total. The third-order valence-electron chi connectivity index (χ3n) is 2.33. The van der Waals surface area contributed by atoms with E-state index in [1.165, 1.54) is 0 Å². The predicted octanol–water partition coefficient (Wildman–Crippen LogP) is 1.48. The molecule has 0 saturated heterocycles. The maximum absolute atomic E-state index is 11.2. The molecule has 0 N–H and O–H groups in total. The zero-order chi connectivity index (χ0) is 15.1. The molecule has 0 unspecified atom stereocenters. The van der Waals surface area contributed by atoms with Crippen LogP contribution in [-0.4, -0.2) is 52.6 Å². The number of unbranched alkanes of at least 4 members (excludes halogenated alkanes) is 2. The molecule has 0 atom stereocenters. The van der Waals surface area contributed by atoms with E-state index >= 15 is 0 Å². The molecule has 0 saturated carbocycles. The second kappa shape index (κ2) is 14.0. The van der Waals surface area contributed by atoms with E-state index in [1.54, 1.807) is 14.2 Å². The Labute approximate surface area is 120 Å². The fourth-order valence-electron chi connectivity index (χ4n) is 1.27. The molecule has 0 aromatic rings. The molecule has 0 aromatic heterocycles. The Kier molecular flexibility index (Phi) is 13.0. The van der Waals surface area contributed by atoms with Gasteiger partial charge in [-0.15, -0.1) is 0 Å². The quantitative estimate of drug-likeness (QED) is 0.308. The lowest BCUT2D eigenvalue weighted by atomic mass is 10.3. The van der Waals surface area contributed by atoms with Gasteiger partial charge in [-0.1, -0.05) is 0 Å². The number of carbonyl (C=O) groups is 2. The van der Waals surface area contributed by atoms with Gasteiger partial charge in [0.1, 0.15) is 0 Å². The molecule has 0 aliphatic rings. The van der Waals surface area contributed by atoms with E-state index in [2.05, 4.69) is 0 Å². The van der Waals surface area contributed by atoms with Gasteiger partial charge in [-0.2, -0.15) is 0 Å². The van der Waals surface area contributed by atoms with Crippen LogP contribution < -0.4 is 0 Å². The topological polar surface area (TPSA) is 71.1 Å². The molecule has 0 rings (SSSR count). The zero-order valence-corrected chi connectivity index (χ0v) is 12.3. The number of esters is 2. The van der Waals surface area contributed by atoms with Crippen molar-refractivity contribution in [3.63, 3.8) is 0 Å². The first-order chi connectivity index (χ1) is 9.70. The Morgan fingerprint density at radius 2 is 1.05 bits per heavy atom. The van der Waals surface area contributed by atoms with Gasteiger partial charge >= 0.3 is 11.9 Å². The van der Waals surface area contributed by atoms with Crippen LogP contribution in [0, 0.1) is 0 Å². The average molecular weight is 288 g/mol. The maximum Gasteiger partial charge on any atom is 0.331 e. The minimum absolute atomic E-state index is 0.318. The van der Waals surface area contributed by atoms with Crippen molar-refractivity contribution in [3.05, 3.63) is 12.2 Å². The fourth-order valence-corrected chi connectivity index (χ4v) is 1.27. The van der Waals surface area contributed by atoms with E-state index in [0.717, 1.165) is 37.8 Å². The summed E-state index contributed by atoms with van der Waals surface area (Å²) in [6, 6.07) is 0. The maximum atomic E-state index is 11.2. The smallest absolute Gasteiger partial charge is 0.331 e. The van der Waals surface area contributed by atoms with Crippen molar-refractivity contribution in [2.45, 2.75) is 25.7 Å². The first-order valence-electron chi connectivity index (χ1n) is 6.70. The summed E-state index contributed by atoms with van der Waals surface area (Å²) < 4.78 is 19.5. The predicted molar refractivity (Wildman–Crippen MR) is 73.3 cm³/mol. The summed E-state index contributed by atoms with van der Waals surface area (Å²) in [7, 11) is 3.24. The van der Waals surface area contributed by atoms with E-state index in [9.17, 15) is 9.59 Å². The van der Waals surface area contributed by atoms with E-state index in [1.807, 2.05) is 0 Å². The second-order valence-electron chi connectivity index (χ2n) is 4.07. The van der Waals surface area contributed by atoms with Crippen LogP contribution in [0.25, 0.3) is 0 Å². The molecule has 116 valence electrons. The lowest BCUT2D eigenvalue weighted by molar-refractivity contribution is -0.140. The standard InChI is InChI=1S/C14H24O6/c1-17-9-3-5-11-19-13(15)7-8-14(16)20-12-6-4-10-18-2/h7-8H,3-6,9-12H2,1-2H3. The monoisotopic (exact) mass is 288 g/mol. The summed E-state index contributed by atoms with van der Waals surface area (Å²) in [6.45, 7) is 1.92. The first kappa shape index (κ1) is 18.6. The highest BCUT2D eigenvalue weighted by Gasteiger charge is 2.01. The molecule has 0 bridgehead atoms. The van der Waals surface area contributed by atoms with Gasteiger partial charge in [0.25, 0.3) is 0 Å². The van der Waals surface area contributed by atoms with E-state index in [0.29, 0.717) is 26.4 Å². The lowest BCUT2D eigenvalue weighted by Gasteiger charge is -2.02. The molecular weight excluding hydrogens is 264 g/mol. The van der Waals surface area contributed by atoms with Crippen LogP contribution in [0.3, 0.4) is 0 Å². The van der Waals surface area contributed by atoms with Gasteiger partial charge in [0.15, 0.2) is 0 Å². The summed E-state index contributed by atoms with van der Waals surface area (Å²) in [6.07, 6.45) is 5.28. The van der Waals surface area contributed by atoms with Crippen LogP contribution in [0.1, 0.15) is 25.7 Å². The Balaban J connectivity index is 3.54. The molecule has 6 heteroatoms.